The van der Waals surface area contributed by atoms with Gasteiger partial charge in [0.05, 0.1) is 5.75 Å². The maximum absolute atomic E-state index is 12.7. The highest BCUT2D eigenvalue weighted by atomic mass is 79.9. The SMILES string of the molecule is CC(C)(C)OC(=O)NC1CCCN(S(=O)(=O)Cc2ccc(Br)cc2)C1. The van der Waals surface area contributed by atoms with Gasteiger partial charge in [-0.3, -0.25) is 0 Å². The first-order valence-electron chi connectivity index (χ1n) is 8.27. The van der Waals surface area contributed by atoms with Crippen LogP contribution in [-0.2, 0) is 20.5 Å². The lowest BCUT2D eigenvalue weighted by molar-refractivity contribution is 0.0487. The zero-order valence-corrected chi connectivity index (χ0v) is 17.2. The zero-order valence-electron chi connectivity index (χ0n) is 14.8. The molecule has 0 aliphatic carbocycles. The van der Waals surface area contributed by atoms with Crippen LogP contribution in [0.2, 0.25) is 0 Å². The van der Waals surface area contributed by atoms with E-state index in [-0.39, 0.29) is 18.3 Å². The number of carbonyl (C=O) groups excluding carboxylic acids is 1. The summed E-state index contributed by atoms with van der Waals surface area (Å²) >= 11 is 3.34. The number of ether oxygens (including phenoxy) is 1. The lowest BCUT2D eigenvalue weighted by atomic mass is 10.1. The van der Waals surface area contributed by atoms with Gasteiger partial charge >= 0.3 is 6.09 Å². The van der Waals surface area contributed by atoms with E-state index in [1.54, 1.807) is 32.9 Å². The molecular formula is C17H25BrN2O4S. The highest BCUT2D eigenvalue weighted by molar-refractivity contribution is 9.10. The molecule has 1 N–H and O–H groups in total. The summed E-state index contributed by atoms with van der Waals surface area (Å²) in [5, 5.41) is 2.78. The Morgan fingerprint density at radius 2 is 1.96 bits per heavy atom. The van der Waals surface area contributed by atoms with Crippen LogP contribution in [0.3, 0.4) is 0 Å². The zero-order chi connectivity index (χ0) is 18.7. The van der Waals surface area contributed by atoms with Crippen LogP contribution in [-0.4, -0.2) is 43.5 Å². The molecule has 1 aromatic carbocycles. The van der Waals surface area contributed by atoms with E-state index in [0.29, 0.717) is 13.0 Å². The van der Waals surface area contributed by atoms with Crippen LogP contribution in [0.1, 0.15) is 39.2 Å². The third-order valence-electron chi connectivity index (χ3n) is 3.76. The molecule has 1 amide bonds. The van der Waals surface area contributed by atoms with Gasteiger partial charge in [-0.15, -0.1) is 0 Å². The molecular weight excluding hydrogens is 408 g/mol. The number of benzene rings is 1. The van der Waals surface area contributed by atoms with Crippen molar-refractivity contribution in [3.8, 4) is 0 Å². The second-order valence-electron chi connectivity index (χ2n) is 7.23. The molecule has 0 radical (unpaired) electrons. The van der Waals surface area contributed by atoms with Gasteiger partial charge in [0.2, 0.25) is 10.0 Å². The second kappa shape index (κ2) is 8.05. The Balaban J connectivity index is 1.97. The summed E-state index contributed by atoms with van der Waals surface area (Å²) in [6.07, 6.45) is 0.938. The standard InChI is InChI=1S/C17H25BrN2O4S/c1-17(2,3)24-16(21)19-15-5-4-10-20(11-15)25(22,23)12-13-6-8-14(18)9-7-13/h6-9,15H,4-5,10-12H2,1-3H3,(H,19,21). The van der Waals surface area contributed by atoms with Crippen molar-refractivity contribution in [2.75, 3.05) is 13.1 Å². The fraction of sp³-hybridized carbons (Fsp3) is 0.588. The van der Waals surface area contributed by atoms with Gasteiger partial charge in [0, 0.05) is 23.6 Å². The van der Waals surface area contributed by atoms with E-state index < -0.39 is 21.7 Å². The Bertz CT molecular complexity index is 698. The number of nitrogens with zero attached hydrogens (tertiary/aromatic N) is 1. The Labute approximate surface area is 158 Å². The molecule has 140 valence electrons. The lowest BCUT2D eigenvalue weighted by Crippen LogP contribution is -2.50. The van der Waals surface area contributed by atoms with Crippen LogP contribution < -0.4 is 5.32 Å². The summed E-state index contributed by atoms with van der Waals surface area (Å²) < 4.78 is 33.0. The van der Waals surface area contributed by atoms with Crippen LogP contribution in [0, 0.1) is 0 Å². The van der Waals surface area contributed by atoms with E-state index in [1.165, 1.54) is 4.31 Å². The van der Waals surface area contributed by atoms with Gasteiger partial charge in [-0.1, -0.05) is 28.1 Å². The van der Waals surface area contributed by atoms with Crippen molar-refractivity contribution in [3.05, 3.63) is 34.3 Å². The first-order valence-corrected chi connectivity index (χ1v) is 10.7. The number of rotatable bonds is 4. The predicted octanol–water partition coefficient (Wildman–Crippen LogP) is 3.27. The van der Waals surface area contributed by atoms with Crippen molar-refractivity contribution in [2.45, 2.75) is 51.0 Å². The van der Waals surface area contributed by atoms with Gasteiger partial charge in [-0.2, -0.15) is 4.31 Å². The van der Waals surface area contributed by atoms with Gasteiger partial charge in [0.1, 0.15) is 5.60 Å². The van der Waals surface area contributed by atoms with E-state index >= 15 is 0 Å². The number of hydrogen-bond acceptors (Lipinski definition) is 4. The molecule has 25 heavy (non-hydrogen) atoms. The molecule has 8 heteroatoms. The summed E-state index contributed by atoms with van der Waals surface area (Å²) in [5.74, 6) is -0.0422. The molecule has 0 bridgehead atoms. The quantitative estimate of drug-likeness (QED) is 0.791. The fourth-order valence-electron chi connectivity index (χ4n) is 2.67. The van der Waals surface area contributed by atoms with Crippen molar-refractivity contribution in [1.29, 1.82) is 0 Å². The smallest absolute Gasteiger partial charge is 0.407 e. The number of nitrogens with one attached hydrogen (secondary N) is 1. The molecule has 0 saturated carbocycles. The number of carbonyl (C=O) groups is 1. The normalized spacial score (nSPS) is 19.4. The molecule has 1 aliphatic rings. The largest absolute Gasteiger partial charge is 0.444 e. The summed E-state index contributed by atoms with van der Waals surface area (Å²) in [6.45, 7) is 6.14. The van der Waals surface area contributed by atoms with Crippen LogP contribution >= 0.6 is 15.9 Å². The first kappa shape index (κ1) is 20.2. The number of amides is 1. The summed E-state index contributed by atoms with van der Waals surface area (Å²) in [4.78, 5) is 11.9. The van der Waals surface area contributed by atoms with Gasteiger partial charge in [-0.05, 0) is 51.3 Å². The van der Waals surface area contributed by atoms with E-state index in [1.807, 2.05) is 12.1 Å². The monoisotopic (exact) mass is 432 g/mol. The molecule has 1 aliphatic heterocycles. The van der Waals surface area contributed by atoms with E-state index in [4.69, 9.17) is 4.74 Å². The van der Waals surface area contributed by atoms with Gasteiger partial charge < -0.3 is 10.1 Å². The van der Waals surface area contributed by atoms with E-state index in [2.05, 4.69) is 21.2 Å². The molecule has 0 spiro atoms. The molecule has 1 heterocycles. The lowest BCUT2D eigenvalue weighted by Gasteiger charge is -2.32. The average molecular weight is 433 g/mol. The molecule has 1 saturated heterocycles. The minimum atomic E-state index is -3.43. The van der Waals surface area contributed by atoms with E-state index in [0.717, 1.165) is 16.5 Å². The average Bonchev–Trinajstić information content (AvgIpc) is 2.48. The maximum Gasteiger partial charge on any atom is 0.407 e. The van der Waals surface area contributed by atoms with Gasteiger partial charge in [-0.25, -0.2) is 13.2 Å². The Kier molecular flexibility index (Phi) is 6.51. The molecule has 6 nitrogen and oxygen atoms in total. The first-order chi connectivity index (χ1) is 11.5. The fourth-order valence-corrected chi connectivity index (χ4v) is 4.54. The minimum absolute atomic E-state index is 0.0422. The summed E-state index contributed by atoms with van der Waals surface area (Å²) in [7, 11) is -3.43. The third-order valence-corrected chi connectivity index (χ3v) is 6.11. The molecule has 1 fully saturated rings. The molecule has 1 unspecified atom stereocenters. The molecule has 1 atom stereocenters. The molecule has 1 aromatic rings. The second-order valence-corrected chi connectivity index (χ2v) is 10.1. The number of alkyl carbamates (subject to hydrolysis) is 1. The highest BCUT2D eigenvalue weighted by Crippen LogP contribution is 2.19. The number of sulfonamides is 1. The number of halogens is 1. The van der Waals surface area contributed by atoms with Crippen molar-refractivity contribution in [1.82, 2.24) is 9.62 Å². The maximum atomic E-state index is 12.7. The van der Waals surface area contributed by atoms with Crippen molar-refractivity contribution < 1.29 is 17.9 Å². The highest BCUT2D eigenvalue weighted by Gasteiger charge is 2.30. The van der Waals surface area contributed by atoms with Crippen molar-refractivity contribution in [2.24, 2.45) is 0 Å². The molecule has 0 aromatic heterocycles. The third kappa shape index (κ3) is 6.60. The number of hydrogen-bond donors (Lipinski definition) is 1. The van der Waals surface area contributed by atoms with Crippen molar-refractivity contribution >= 4 is 32.0 Å². The van der Waals surface area contributed by atoms with Gasteiger partial charge in [0.25, 0.3) is 0 Å². The van der Waals surface area contributed by atoms with E-state index in [9.17, 15) is 13.2 Å². The minimum Gasteiger partial charge on any atom is -0.444 e. The Morgan fingerprint density at radius 3 is 2.56 bits per heavy atom. The topological polar surface area (TPSA) is 75.7 Å². The van der Waals surface area contributed by atoms with Crippen LogP contribution in [0.15, 0.2) is 28.7 Å². The Morgan fingerprint density at radius 1 is 1.32 bits per heavy atom. The van der Waals surface area contributed by atoms with Gasteiger partial charge in [0.15, 0.2) is 0 Å². The van der Waals surface area contributed by atoms with Crippen LogP contribution in [0.5, 0.6) is 0 Å². The Hall–Kier alpha value is -1.12. The van der Waals surface area contributed by atoms with Crippen molar-refractivity contribution in [3.63, 3.8) is 0 Å². The number of piperidine rings is 1. The van der Waals surface area contributed by atoms with Crippen LogP contribution in [0.25, 0.3) is 0 Å². The molecule has 2 rings (SSSR count). The summed E-state index contributed by atoms with van der Waals surface area (Å²) in [5.41, 5.74) is 0.164. The van der Waals surface area contributed by atoms with Crippen LogP contribution in [0.4, 0.5) is 4.79 Å². The summed E-state index contributed by atoms with van der Waals surface area (Å²) in [6, 6.07) is 7.01. The predicted molar refractivity (Wildman–Crippen MR) is 101 cm³/mol.